The highest BCUT2D eigenvalue weighted by molar-refractivity contribution is 8.20. The van der Waals surface area contributed by atoms with Crippen molar-refractivity contribution in [3.8, 4) is 11.5 Å². The predicted molar refractivity (Wildman–Crippen MR) is 119 cm³/mol. The van der Waals surface area contributed by atoms with Crippen LogP contribution in [0.4, 0.5) is 5.69 Å². The quantitative estimate of drug-likeness (QED) is 0.678. The number of amides is 2. The van der Waals surface area contributed by atoms with Crippen LogP contribution >= 0.6 is 11.8 Å². The Morgan fingerprint density at radius 2 is 1.77 bits per heavy atom. The molecule has 0 radical (unpaired) electrons. The number of rotatable bonds is 6. The first kappa shape index (κ1) is 22.4. The van der Waals surface area contributed by atoms with Crippen molar-refractivity contribution in [1.82, 2.24) is 5.32 Å². The maximum absolute atomic E-state index is 12.6. The molecule has 0 unspecified atom stereocenters. The summed E-state index contributed by atoms with van der Waals surface area (Å²) in [6.07, 6.45) is 1.67. The van der Waals surface area contributed by atoms with Crippen LogP contribution in [0.2, 0.25) is 0 Å². The third-order valence-electron chi connectivity index (χ3n) is 4.02. The molecule has 3 rings (SSSR count). The van der Waals surface area contributed by atoms with E-state index in [1.807, 2.05) is 0 Å². The van der Waals surface area contributed by atoms with Gasteiger partial charge in [0.15, 0.2) is 16.5 Å². The molecule has 9 nitrogen and oxygen atoms in total. The van der Waals surface area contributed by atoms with Gasteiger partial charge in [-0.3, -0.25) is 9.59 Å². The molecule has 0 spiro atoms. The maximum Gasteiger partial charge on any atom is 0.283 e. The summed E-state index contributed by atoms with van der Waals surface area (Å²) >= 11 is 0.912. The number of ether oxygens (including phenoxy) is 2. The molecule has 11 heteroatoms. The Morgan fingerprint density at radius 3 is 2.39 bits per heavy atom. The second-order valence-corrected chi connectivity index (χ2v) is 8.89. The third-order valence-corrected chi connectivity index (χ3v) is 6.33. The number of anilines is 1. The van der Waals surface area contributed by atoms with Gasteiger partial charge in [-0.1, -0.05) is 6.07 Å². The molecular weight excluding hydrogens is 442 g/mol. The highest BCUT2D eigenvalue weighted by Crippen LogP contribution is 2.31. The maximum atomic E-state index is 12.6. The topological polar surface area (TPSA) is 123 Å². The summed E-state index contributed by atoms with van der Waals surface area (Å²) in [6.45, 7) is 1.35. The lowest BCUT2D eigenvalue weighted by Gasteiger charge is -2.07. The highest BCUT2D eigenvalue weighted by Gasteiger charge is 2.27. The van der Waals surface area contributed by atoms with E-state index in [4.69, 9.17) is 9.47 Å². The molecule has 0 aromatic heterocycles. The van der Waals surface area contributed by atoms with E-state index in [-0.39, 0.29) is 15.8 Å². The molecule has 162 valence electrons. The Morgan fingerprint density at radius 1 is 1.10 bits per heavy atom. The zero-order chi connectivity index (χ0) is 22.6. The molecule has 2 N–H and O–H groups in total. The third kappa shape index (κ3) is 5.44. The average Bonchev–Trinajstić information content (AvgIpc) is 3.05. The van der Waals surface area contributed by atoms with Crippen molar-refractivity contribution in [3.05, 3.63) is 53.1 Å². The minimum Gasteiger partial charge on any atom is -0.493 e. The number of carbonyl (C=O) groups excluding carboxylic acids is 2. The fourth-order valence-corrected chi connectivity index (χ4v) is 4.66. The number of carbonyl (C=O) groups is 2. The lowest BCUT2D eigenvalue weighted by atomic mass is 10.2. The molecule has 0 bridgehead atoms. The summed E-state index contributed by atoms with van der Waals surface area (Å²) in [5.74, 6) is 0.190. The zero-order valence-corrected chi connectivity index (χ0v) is 18.5. The van der Waals surface area contributed by atoms with Crippen LogP contribution < -0.4 is 20.1 Å². The van der Waals surface area contributed by atoms with E-state index in [0.717, 1.165) is 17.3 Å². The van der Waals surface area contributed by atoms with E-state index in [0.29, 0.717) is 22.2 Å². The van der Waals surface area contributed by atoms with Crippen LogP contribution in [0, 0.1) is 0 Å². The van der Waals surface area contributed by atoms with Crippen LogP contribution in [0.3, 0.4) is 0 Å². The number of hydrogen-bond donors (Lipinski definition) is 2. The Labute approximate surface area is 183 Å². The number of nitrogens with zero attached hydrogens (tertiary/aromatic N) is 1. The number of hydrogen-bond acceptors (Lipinski definition) is 7. The van der Waals surface area contributed by atoms with Gasteiger partial charge in [0.2, 0.25) is 5.91 Å². The van der Waals surface area contributed by atoms with Crippen LogP contribution in [0.15, 0.2) is 56.8 Å². The molecule has 1 heterocycles. The smallest absolute Gasteiger partial charge is 0.283 e. The van der Waals surface area contributed by atoms with Gasteiger partial charge < -0.3 is 20.1 Å². The second-order valence-electron chi connectivity index (χ2n) is 6.26. The van der Waals surface area contributed by atoms with Gasteiger partial charge in [-0.2, -0.15) is 8.42 Å². The molecule has 1 aliphatic heterocycles. The normalized spacial score (nSPS) is 16.3. The standard InChI is InChI=1S/C20H19N3O6S2/c1-12(24)21-14-5-7-15(8-6-14)31(26,27)23-20-19(25)22-18(30-20)11-13-4-9-16(28-2)17(10-13)29-3/h4-11H,1-3H3,(H,21,24)(H,22,25)/b18-11+,23-20?. The SMILES string of the molecule is COc1ccc(/C=C2\NC(=O)C(=NS(=O)(=O)c3ccc(NC(C)=O)cc3)S2)cc1OC. The summed E-state index contributed by atoms with van der Waals surface area (Å²) in [4.78, 5) is 23.2. The van der Waals surface area contributed by atoms with Crippen molar-refractivity contribution < 1.29 is 27.5 Å². The lowest BCUT2D eigenvalue weighted by molar-refractivity contribution is -0.114. The highest BCUT2D eigenvalue weighted by atomic mass is 32.2. The lowest BCUT2D eigenvalue weighted by Crippen LogP contribution is -2.19. The van der Waals surface area contributed by atoms with Gasteiger partial charge in [-0.15, -0.1) is 4.40 Å². The summed E-state index contributed by atoms with van der Waals surface area (Å²) in [5.41, 5.74) is 1.17. The van der Waals surface area contributed by atoms with Crippen LogP contribution in [0.25, 0.3) is 6.08 Å². The van der Waals surface area contributed by atoms with Crippen molar-refractivity contribution in [2.24, 2.45) is 4.40 Å². The first-order valence-electron chi connectivity index (χ1n) is 8.87. The van der Waals surface area contributed by atoms with E-state index in [1.165, 1.54) is 45.4 Å². The summed E-state index contributed by atoms with van der Waals surface area (Å²) in [5, 5.41) is 5.37. The summed E-state index contributed by atoms with van der Waals surface area (Å²) < 4.78 is 39.3. The largest absolute Gasteiger partial charge is 0.493 e. The van der Waals surface area contributed by atoms with Crippen LogP contribution in [-0.4, -0.2) is 39.5 Å². The molecule has 31 heavy (non-hydrogen) atoms. The van der Waals surface area contributed by atoms with Crippen molar-refractivity contribution in [2.75, 3.05) is 19.5 Å². The Kier molecular flexibility index (Phi) is 6.66. The first-order valence-corrected chi connectivity index (χ1v) is 11.1. The van der Waals surface area contributed by atoms with Gasteiger partial charge in [-0.25, -0.2) is 0 Å². The van der Waals surface area contributed by atoms with Gasteiger partial charge in [0.05, 0.1) is 24.1 Å². The molecule has 1 saturated heterocycles. The van der Waals surface area contributed by atoms with E-state index >= 15 is 0 Å². The number of nitrogens with one attached hydrogen (secondary N) is 2. The van der Waals surface area contributed by atoms with Crippen molar-refractivity contribution in [1.29, 1.82) is 0 Å². The summed E-state index contributed by atoms with van der Waals surface area (Å²) in [7, 11) is -1.07. The Bertz CT molecular complexity index is 1190. The Hall–Kier alpha value is -3.31. The molecule has 1 fully saturated rings. The van der Waals surface area contributed by atoms with E-state index in [9.17, 15) is 18.0 Å². The molecule has 1 aliphatic rings. The van der Waals surface area contributed by atoms with Crippen molar-refractivity contribution >= 4 is 50.4 Å². The van der Waals surface area contributed by atoms with Crippen molar-refractivity contribution in [3.63, 3.8) is 0 Å². The molecule has 2 amide bonds. The molecule has 0 saturated carbocycles. The number of thioether (sulfide) groups is 1. The molecule has 0 atom stereocenters. The fourth-order valence-electron chi connectivity index (χ4n) is 2.64. The van der Waals surface area contributed by atoms with Crippen LogP contribution in [0.1, 0.15) is 12.5 Å². The predicted octanol–water partition coefficient (Wildman–Crippen LogP) is 2.61. The van der Waals surface area contributed by atoms with Gasteiger partial charge in [0.1, 0.15) is 0 Å². The number of benzene rings is 2. The monoisotopic (exact) mass is 461 g/mol. The minimum absolute atomic E-state index is 0.0974. The Balaban J connectivity index is 1.82. The van der Waals surface area contributed by atoms with Gasteiger partial charge in [-0.05, 0) is 59.8 Å². The summed E-state index contributed by atoms with van der Waals surface area (Å²) in [6, 6.07) is 10.7. The van der Waals surface area contributed by atoms with Crippen LogP contribution in [0.5, 0.6) is 11.5 Å². The zero-order valence-electron chi connectivity index (χ0n) is 16.8. The average molecular weight is 462 g/mol. The molecule has 2 aromatic carbocycles. The fraction of sp³-hybridized carbons (Fsp3) is 0.150. The van der Waals surface area contributed by atoms with E-state index < -0.39 is 15.9 Å². The second kappa shape index (κ2) is 9.23. The van der Waals surface area contributed by atoms with Gasteiger partial charge in [0, 0.05) is 12.6 Å². The first-order chi connectivity index (χ1) is 14.7. The number of methoxy groups -OCH3 is 2. The minimum atomic E-state index is -4.11. The molecule has 2 aromatic rings. The molecular formula is C20H19N3O6S2. The molecule has 0 aliphatic carbocycles. The van der Waals surface area contributed by atoms with Crippen LogP contribution in [-0.2, 0) is 19.6 Å². The van der Waals surface area contributed by atoms with Gasteiger partial charge >= 0.3 is 0 Å². The van der Waals surface area contributed by atoms with E-state index in [1.54, 1.807) is 24.3 Å². The van der Waals surface area contributed by atoms with Gasteiger partial charge in [0.25, 0.3) is 15.9 Å². The number of sulfonamides is 1. The van der Waals surface area contributed by atoms with E-state index in [2.05, 4.69) is 15.0 Å². The van der Waals surface area contributed by atoms with Crippen molar-refractivity contribution in [2.45, 2.75) is 11.8 Å².